The van der Waals surface area contributed by atoms with Gasteiger partial charge < -0.3 is 15.4 Å². The summed E-state index contributed by atoms with van der Waals surface area (Å²) < 4.78 is 5.65. The molecule has 2 rings (SSSR count). The molecule has 1 aromatic carbocycles. The first-order valence-electron chi connectivity index (χ1n) is 7.78. The van der Waals surface area contributed by atoms with Crippen LogP contribution >= 0.6 is 0 Å². The number of piperidine rings is 1. The van der Waals surface area contributed by atoms with Gasteiger partial charge >= 0.3 is 0 Å². The van der Waals surface area contributed by atoms with Crippen molar-refractivity contribution in [2.24, 2.45) is 11.7 Å². The van der Waals surface area contributed by atoms with Crippen LogP contribution in [0.4, 0.5) is 0 Å². The van der Waals surface area contributed by atoms with Crippen molar-refractivity contribution in [3.63, 3.8) is 0 Å². The van der Waals surface area contributed by atoms with E-state index in [1.54, 1.807) is 0 Å². The fourth-order valence-corrected chi connectivity index (χ4v) is 2.70. The van der Waals surface area contributed by atoms with Crippen LogP contribution in [-0.2, 0) is 16.0 Å². The zero-order chi connectivity index (χ0) is 16.1. The number of carbonyl (C=O) groups excluding carboxylic acids is 2. The van der Waals surface area contributed by atoms with Gasteiger partial charge in [-0.2, -0.15) is 0 Å². The molecule has 2 N–H and O–H groups in total. The van der Waals surface area contributed by atoms with Crippen LogP contribution in [0.25, 0.3) is 0 Å². The number of benzene rings is 1. The first-order chi connectivity index (χ1) is 10.5. The molecule has 0 atom stereocenters. The fraction of sp³-hybridized carbons (Fsp3) is 0.529. The number of hydrogen-bond donors (Lipinski definition) is 1. The molecule has 22 heavy (non-hydrogen) atoms. The average molecular weight is 304 g/mol. The predicted molar refractivity (Wildman–Crippen MR) is 84.4 cm³/mol. The summed E-state index contributed by atoms with van der Waals surface area (Å²) >= 11 is 0. The van der Waals surface area contributed by atoms with Crippen LogP contribution in [0.15, 0.2) is 24.3 Å². The molecule has 1 aliphatic rings. The lowest BCUT2D eigenvalue weighted by Gasteiger charge is -2.30. The van der Waals surface area contributed by atoms with Crippen molar-refractivity contribution in [1.82, 2.24) is 4.90 Å². The van der Waals surface area contributed by atoms with E-state index in [0.29, 0.717) is 32.4 Å². The zero-order valence-corrected chi connectivity index (χ0v) is 13.2. The minimum absolute atomic E-state index is 0.0876. The van der Waals surface area contributed by atoms with Gasteiger partial charge in [0, 0.05) is 19.0 Å². The molecule has 1 heterocycles. The van der Waals surface area contributed by atoms with Crippen LogP contribution in [0.3, 0.4) is 0 Å². The van der Waals surface area contributed by atoms with E-state index in [1.165, 1.54) is 0 Å². The molecule has 2 amide bonds. The molecular formula is C17H24N2O3. The second-order valence-corrected chi connectivity index (χ2v) is 6.05. The standard InChI is InChI=1S/C17H24N2O3/c1-12(2)22-15-5-3-4-13(10-15)11-16(20)19-8-6-14(7-9-19)17(18)21/h3-5,10,12,14H,6-9,11H2,1-2H3,(H2,18,21). The number of likely N-dealkylation sites (tertiary alicyclic amines) is 1. The third-order valence-electron chi connectivity index (χ3n) is 3.88. The van der Waals surface area contributed by atoms with Gasteiger partial charge in [0.1, 0.15) is 5.75 Å². The van der Waals surface area contributed by atoms with Crippen LogP contribution in [0.1, 0.15) is 32.3 Å². The molecule has 1 aromatic rings. The highest BCUT2D eigenvalue weighted by Crippen LogP contribution is 2.19. The van der Waals surface area contributed by atoms with E-state index < -0.39 is 0 Å². The minimum atomic E-state index is -0.259. The van der Waals surface area contributed by atoms with E-state index in [9.17, 15) is 9.59 Å². The summed E-state index contributed by atoms with van der Waals surface area (Å²) in [5.41, 5.74) is 6.26. The molecule has 0 spiro atoms. The van der Waals surface area contributed by atoms with Crippen molar-refractivity contribution in [3.8, 4) is 5.75 Å². The molecule has 0 radical (unpaired) electrons. The number of primary amides is 1. The van der Waals surface area contributed by atoms with E-state index >= 15 is 0 Å². The summed E-state index contributed by atoms with van der Waals surface area (Å²) in [6.07, 6.45) is 1.80. The lowest BCUT2D eigenvalue weighted by molar-refractivity contribution is -0.134. The minimum Gasteiger partial charge on any atom is -0.491 e. The van der Waals surface area contributed by atoms with Crippen molar-refractivity contribution < 1.29 is 14.3 Å². The topological polar surface area (TPSA) is 72.6 Å². The molecule has 5 nitrogen and oxygen atoms in total. The lowest BCUT2D eigenvalue weighted by atomic mass is 9.96. The van der Waals surface area contributed by atoms with Gasteiger partial charge in [-0.25, -0.2) is 0 Å². The molecule has 1 aliphatic heterocycles. The molecule has 5 heteroatoms. The Balaban J connectivity index is 1.91. The summed E-state index contributed by atoms with van der Waals surface area (Å²) in [6, 6.07) is 7.64. The summed E-state index contributed by atoms with van der Waals surface area (Å²) in [5.74, 6) is 0.523. The summed E-state index contributed by atoms with van der Waals surface area (Å²) in [4.78, 5) is 25.3. The number of amides is 2. The number of nitrogens with two attached hydrogens (primary N) is 1. The van der Waals surface area contributed by atoms with Gasteiger partial charge in [-0.3, -0.25) is 9.59 Å². The number of rotatable bonds is 5. The Hall–Kier alpha value is -2.04. The molecule has 1 fully saturated rings. The Morgan fingerprint density at radius 1 is 1.32 bits per heavy atom. The maximum absolute atomic E-state index is 12.3. The largest absolute Gasteiger partial charge is 0.491 e. The number of carbonyl (C=O) groups is 2. The van der Waals surface area contributed by atoms with Gasteiger partial charge in [-0.05, 0) is 44.4 Å². The predicted octanol–water partition coefficient (Wildman–Crippen LogP) is 1.74. The van der Waals surface area contributed by atoms with Crippen molar-refractivity contribution in [2.45, 2.75) is 39.2 Å². The molecule has 0 aliphatic carbocycles. The monoisotopic (exact) mass is 304 g/mol. The summed E-state index contributed by atoms with van der Waals surface area (Å²) in [5, 5.41) is 0. The van der Waals surface area contributed by atoms with Crippen molar-refractivity contribution in [1.29, 1.82) is 0 Å². The average Bonchev–Trinajstić information content (AvgIpc) is 2.47. The smallest absolute Gasteiger partial charge is 0.226 e. The van der Waals surface area contributed by atoms with E-state index in [1.807, 2.05) is 43.0 Å². The van der Waals surface area contributed by atoms with Gasteiger partial charge in [0.2, 0.25) is 11.8 Å². The van der Waals surface area contributed by atoms with Crippen molar-refractivity contribution in [2.75, 3.05) is 13.1 Å². The lowest BCUT2D eigenvalue weighted by Crippen LogP contribution is -2.42. The highest BCUT2D eigenvalue weighted by molar-refractivity contribution is 5.80. The third kappa shape index (κ3) is 4.48. The highest BCUT2D eigenvalue weighted by Gasteiger charge is 2.25. The van der Waals surface area contributed by atoms with Gasteiger partial charge in [-0.15, -0.1) is 0 Å². The van der Waals surface area contributed by atoms with Gasteiger partial charge in [0.05, 0.1) is 12.5 Å². The second kappa shape index (κ2) is 7.29. The molecular weight excluding hydrogens is 280 g/mol. The molecule has 1 saturated heterocycles. The number of hydrogen-bond acceptors (Lipinski definition) is 3. The first kappa shape index (κ1) is 16.3. The van der Waals surface area contributed by atoms with Crippen LogP contribution in [-0.4, -0.2) is 35.9 Å². The third-order valence-corrected chi connectivity index (χ3v) is 3.88. The Morgan fingerprint density at radius 3 is 2.59 bits per heavy atom. The zero-order valence-electron chi connectivity index (χ0n) is 13.2. The normalized spacial score (nSPS) is 15.9. The van der Waals surface area contributed by atoms with E-state index in [2.05, 4.69) is 0 Å². The molecule has 120 valence electrons. The second-order valence-electron chi connectivity index (χ2n) is 6.05. The Bertz CT molecular complexity index is 534. The quantitative estimate of drug-likeness (QED) is 0.900. The summed E-state index contributed by atoms with van der Waals surface area (Å²) in [6.45, 7) is 5.16. The number of ether oxygens (including phenoxy) is 1. The maximum Gasteiger partial charge on any atom is 0.226 e. The van der Waals surface area contributed by atoms with E-state index in [0.717, 1.165) is 11.3 Å². The van der Waals surface area contributed by atoms with E-state index in [4.69, 9.17) is 10.5 Å². The molecule has 0 bridgehead atoms. The van der Waals surface area contributed by atoms with Gasteiger partial charge in [-0.1, -0.05) is 12.1 Å². The molecule has 0 unspecified atom stereocenters. The fourth-order valence-electron chi connectivity index (χ4n) is 2.70. The summed E-state index contributed by atoms with van der Waals surface area (Å²) in [7, 11) is 0. The SMILES string of the molecule is CC(C)Oc1cccc(CC(=O)N2CCC(C(N)=O)CC2)c1. The maximum atomic E-state index is 12.3. The van der Waals surface area contributed by atoms with Crippen molar-refractivity contribution in [3.05, 3.63) is 29.8 Å². The van der Waals surface area contributed by atoms with Crippen LogP contribution < -0.4 is 10.5 Å². The van der Waals surface area contributed by atoms with E-state index in [-0.39, 0.29) is 23.8 Å². The van der Waals surface area contributed by atoms with Gasteiger partial charge in [0.25, 0.3) is 0 Å². The van der Waals surface area contributed by atoms with Gasteiger partial charge in [0.15, 0.2) is 0 Å². The highest BCUT2D eigenvalue weighted by atomic mass is 16.5. The molecule has 0 saturated carbocycles. The van der Waals surface area contributed by atoms with Crippen LogP contribution in [0.5, 0.6) is 5.75 Å². The van der Waals surface area contributed by atoms with Crippen molar-refractivity contribution >= 4 is 11.8 Å². The number of nitrogens with zero attached hydrogens (tertiary/aromatic N) is 1. The Morgan fingerprint density at radius 2 is 2.00 bits per heavy atom. The van der Waals surface area contributed by atoms with Crippen LogP contribution in [0.2, 0.25) is 0 Å². The Labute approximate surface area is 131 Å². The van der Waals surface area contributed by atoms with Crippen LogP contribution in [0, 0.1) is 5.92 Å². The Kier molecular flexibility index (Phi) is 5.41. The first-order valence-corrected chi connectivity index (χ1v) is 7.78. The molecule has 0 aromatic heterocycles.